The van der Waals surface area contributed by atoms with Crippen LogP contribution in [0.25, 0.3) is 0 Å². The van der Waals surface area contributed by atoms with Gasteiger partial charge in [-0.05, 0) is 30.4 Å². The van der Waals surface area contributed by atoms with Crippen LogP contribution in [0.3, 0.4) is 0 Å². The van der Waals surface area contributed by atoms with Crippen molar-refractivity contribution in [2.75, 3.05) is 12.8 Å². The summed E-state index contributed by atoms with van der Waals surface area (Å²) in [6.07, 6.45) is 2.03. The maximum atomic E-state index is 11.0. The first-order valence-corrected chi connectivity index (χ1v) is 6.00. The Kier molecular flexibility index (Phi) is 7.21. The number of thioether (sulfide) groups is 1. The smallest absolute Gasteiger partial charge is 0.234 e. The Hall–Kier alpha value is -0.710. The zero-order valence-electron chi connectivity index (χ0n) is 9.45. The van der Waals surface area contributed by atoms with Gasteiger partial charge in [-0.1, -0.05) is 12.1 Å². The van der Waals surface area contributed by atoms with Crippen molar-refractivity contribution in [1.82, 2.24) is 5.32 Å². The molecule has 3 nitrogen and oxygen atoms in total. The minimum atomic E-state index is -0.123. The van der Waals surface area contributed by atoms with Gasteiger partial charge in [-0.2, -0.15) is 0 Å². The number of amides is 1. The molecule has 16 heavy (non-hydrogen) atoms. The number of nitrogens with two attached hydrogens (primary N) is 1. The maximum absolute atomic E-state index is 11.0. The Morgan fingerprint density at radius 2 is 2.19 bits per heavy atom. The van der Waals surface area contributed by atoms with Crippen LogP contribution in [0, 0.1) is 6.92 Å². The first-order chi connectivity index (χ1) is 7.17. The maximum Gasteiger partial charge on any atom is 0.234 e. The standard InChI is InChI=1S/C11H16N2OS.ClH/c1-8-3-4-9(10(5-8)15-2)7-13-11(14)6-12;/h3-5H,6-7,12H2,1-2H3,(H,13,14);1H. The van der Waals surface area contributed by atoms with E-state index in [1.165, 1.54) is 10.5 Å². The molecule has 0 aromatic heterocycles. The quantitative estimate of drug-likeness (QED) is 0.811. The number of hydrogen-bond donors (Lipinski definition) is 2. The number of hydrogen-bond acceptors (Lipinski definition) is 3. The normalized spacial score (nSPS) is 9.44. The Bertz CT molecular complexity index is 358. The fourth-order valence-corrected chi connectivity index (χ4v) is 1.97. The van der Waals surface area contributed by atoms with E-state index in [1.54, 1.807) is 11.8 Å². The highest BCUT2D eigenvalue weighted by atomic mass is 35.5. The van der Waals surface area contributed by atoms with E-state index in [0.29, 0.717) is 6.54 Å². The van der Waals surface area contributed by atoms with Gasteiger partial charge in [0.05, 0.1) is 6.54 Å². The Morgan fingerprint density at radius 1 is 1.50 bits per heavy atom. The Labute approximate surface area is 107 Å². The molecule has 1 amide bonds. The van der Waals surface area contributed by atoms with Gasteiger partial charge in [-0.3, -0.25) is 4.79 Å². The molecule has 0 radical (unpaired) electrons. The molecule has 0 aliphatic heterocycles. The van der Waals surface area contributed by atoms with Crippen LogP contribution < -0.4 is 11.1 Å². The molecule has 90 valence electrons. The predicted octanol–water partition coefficient (Wildman–Crippen LogP) is 1.71. The van der Waals surface area contributed by atoms with Gasteiger partial charge in [0, 0.05) is 11.4 Å². The van der Waals surface area contributed by atoms with E-state index in [4.69, 9.17) is 5.73 Å². The Balaban J connectivity index is 0.00000225. The number of halogens is 1. The lowest BCUT2D eigenvalue weighted by Gasteiger charge is -2.09. The zero-order valence-corrected chi connectivity index (χ0v) is 11.1. The summed E-state index contributed by atoms with van der Waals surface area (Å²) >= 11 is 1.69. The number of carbonyl (C=O) groups is 1. The third-order valence-corrected chi connectivity index (χ3v) is 2.92. The van der Waals surface area contributed by atoms with Crippen LogP contribution in [0.5, 0.6) is 0 Å². The fraction of sp³-hybridized carbons (Fsp3) is 0.364. The summed E-state index contributed by atoms with van der Waals surface area (Å²) in [7, 11) is 0. The van der Waals surface area contributed by atoms with Crippen LogP contribution in [0.4, 0.5) is 0 Å². The van der Waals surface area contributed by atoms with Gasteiger partial charge < -0.3 is 11.1 Å². The van der Waals surface area contributed by atoms with E-state index < -0.39 is 0 Å². The number of benzene rings is 1. The lowest BCUT2D eigenvalue weighted by Crippen LogP contribution is -2.29. The summed E-state index contributed by atoms with van der Waals surface area (Å²) in [5, 5.41) is 2.77. The average molecular weight is 261 g/mol. The van der Waals surface area contributed by atoms with Crippen LogP contribution >= 0.6 is 24.2 Å². The van der Waals surface area contributed by atoms with Crippen molar-refractivity contribution in [3.8, 4) is 0 Å². The zero-order chi connectivity index (χ0) is 11.3. The largest absolute Gasteiger partial charge is 0.351 e. The summed E-state index contributed by atoms with van der Waals surface area (Å²) in [6, 6.07) is 6.20. The second-order valence-corrected chi connectivity index (χ2v) is 4.14. The molecule has 1 rings (SSSR count). The lowest BCUT2D eigenvalue weighted by atomic mass is 10.1. The predicted molar refractivity (Wildman–Crippen MR) is 71.1 cm³/mol. The molecule has 0 bridgehead atoms. The van der Waals surface area contributed by atoms with Gasteiger partial charge >= 0.3 is 0 Å². The van der Waals surface area contributed by atoms with Gasteiger partial charge in [0.2, 0.25) is 5.91 Å². The van der Waals surface area contributed by atoms with E-state index in [9.17, 15) is 4.79 Å². The summed E-state index contributed by atoms with van der Waals surface area (Å²) in [6.45, 7) is 2.65. The van der Waals surface area contributed by atoms with Crippen molar-refractivity contribution in [1.29, 1.82) is 0 Å². The average Bonchev–Trinajstić information content (AvgIpc) is 2.26. The molecule has 0 spiro atoms. The second kappa shape index (κ2) is 7.54. The van der Waals surface area contributed by atoms with Crippen LogP contribution in [0.1, 0.15) is 11.1 Å². The molecule has 0 unspecified atom stereocenters. The molecule has 0 saturated carbocycles. The van der Waals surface area contributed by atoms with Gasteiger partial charge in [0.1, 0.15) is 0 Å². The van der Waals surface area contributed by atoms with Crippen LogP contribution in [0.2, 0.25) is 0 Å². The van der Waals surface area contributed by atoms with Crippen molar-refractivity contribution in [3.63, 3.8) is 0 Å². The van der Waals surface area contributed by atoms with Crippen molar-refractivity contribution in [2.45, 2.75) is 18.4 Å². The van der Waals surface area contributed by atoms with Crippen LogP contribution in [-0.4, -0.2) is 18.7 Å². The molecule has 0 saturated heterocycles. The minimum absolute atomic E-state index is 0. The molecule has 1 aromatic carbocycles. The van der Waals surface area contributed by atoms with Crippen molar-refractivity contribution < 1.29 is 4.79 Å². The van der Waals surface area contributed by atoms with E-state index in [1.807, 2.05) is 18.4 Å². The molecule has 0 heterocycles. The lowest BCUT2D eigenvalue weighted by molar-refractivity contribution is -0.119. The highest BCUT2D eigenvalue weighted by Gasteiger charge is 2.03. The number of carbonyl (C=O) groups excluding carboxylic acids is 1. The molecule has 5 heteroatoms. The second-order valence-electron chi connectivity index (χ2n) is 3.30. The number of nitrogens with one attached hydrogen (secondary N) is 1. The molecular formula is C11H17ClN2OS. The molecule has 3 N–H and O–H groups in total. The van der Waals surface area contributed by atoms with Gasteiger partial charge in [-0.25, -0.2) is 0 Å². The third-order valence-electron chi connectivity index (χ3n) is 2.10. The van der Waals surface area contributed by atoms with Crippen LogP contribution in [-0.2, 0) is 11.3 Å². The molecule has 0 aliphatic carbocycles. The van der Waals surface area contributed by atoms with E-state index in [-0.39, 0.29) is 24.9 Å². The highest BCUT2D eigenvalue weighted by Crippen LogP contribution is 2.21. The van der Waals surface area contributed by atoms with Crippen molar-refractivity contribution >= 4 is 30.1 Å². The molecule has 0 aliphatic rings. The molecule has 0 fully saturated rings. The Morgan fingerprint density at radius 3 is 2.75 bits per heavy atom. The first-order valence-electron chi connectivity index (χ1n) is 4.77. The molecular weight excluding hydrogens is 244 g/mol. The SMILES string of the molecule is CSc1cc(C)ccc1CNC(=O)CN.Cl. The minimum Gasteiger partial charge on any atom is -0.351 e. The summed E-state index contributed by atoms with van der Waals surface area (Å²) < 4.78 is 0. The monoisotopic (exact) mass is 260 g/mol. The molecule has 0 atom stereocenters. The first kappa shape index (κ1) is 15.3. The summed E-state index contributed by atoms with van der Waals surface area (Å²) in [5.41, 5.74) is 7.58. The summed E-state index contributed by atoms with van der Waals surface area (Å²) in [5.74, 6) is -0.123. The van der Waals surface area contributed by atoms with Gasteiger partial charge in [-0.15, -0.1) is 24.2 Å². The van der Waals surface area contributed by atoms with Crippen LogP contribution in [0.15, 0.2) is 23.1 Å². The molecule has 1 aromatic rings. The van der Waals surface area contributed by atoms with E-state index >= 15 is 0 Å². The van der Waals surface area contributed by atoms with E-state index in [2.05, 4.69) is 18.3 Å². The van der Waals surface area contributed by atoms with Crippen molar-refractivity contribution in [3.05, 3.63) is 29.3 Å². The third kappa shape index (κ3) is 4.43. The highest BCUT2D eigenvalue weighted by molar-refractivity contribution is 7.98. The fourth-order valence-electron chi connectivity index (χ4n) is 1.26. The number of aryl methyl sites for hydroxylation is 1. The van der Waals surface area contributed by atoms with E-state index in [0.717, 1.165) is 5.56 Å². The van der Waals surface area contributed by atoms with Crippen molar-refractivity contribution in [2.24, 2.45) is 5.73 Å². The number of rotatable bonds is 4. The van der Waals surface area contributed by atoms with Gasteiger partial charge in [0.15, 0.2) is 0 Å². The summed E-state index contributed by atoms with van der Waals surface area (Å²) in [4.78, 5) is 12.2. The van der Waals surface area contributed by atoms with Gasteiger partial charge in [0.25, 0.3) is 0 Å². The topological polar surface area (TPSA) is 55.1 Å².